The number of nitrogens with zero attached hydrogens (tertiary/aromatic N) is 3. The number of carbonyl (C=O) groups excluding carboxylic acids is 1. The summed E-state index contributed by atoms with van der Waals surface area (Å²) < 4.78 is 7.08. The molecule has 1 saturated heterocycles. The van der Waals surface area contributed by atoms with Gasteiger partial charge < -0.3 is 15.0 Å². The van der Waals surface area contributed by atoms with Gasteiger partial charge in [-0.3, -0.25) is 4.79 Å². The highest BCUT2D eigenvalue weighted by Crippen LogP contribution is 2.28. The fourth-order valence-electron chi connectivity index (χ4n) is 2.71. The molecule has 0 radical (unpaired) electrons. The molecule has 0 unspecified atom stereocenters. The van der Waals surface area contributed by atoms with Crippen LogP contribution in [0.25, 0.3) is 0 Å². The monoisotopic (exact) mass is 396 g/mol. The van der Waals surface area contributed by atoms with Gasteiger partial charge in [0, 0.05) is 45.2 Å². The molecule has 0 spiro atoms. The highest BCUT2D eigenvalue weighted by atomic mass is 35.5. The molecule has 1 aromatic heterocycles. The minimum absolute atomic E-state index is 0.00918. The van der Waals surface area contributed by atoms with Crippen LogP contribution in [0.2, 0.25) is 10.0 Å². The van der Waals surface area contributed by atoms with E-state index in [0.29, 0.717) is 41.7 Å². The van der Waals surface area contributed by atoms with E-state index in [0.717, 1.165) is 0 Å². The number of urea groups is 1. The van der Waals surface area contributed by atoms with Gasteiger partial charge in [-0.05, 0) is 18.2 Å². The Hall–Kier alpha value is -2.25. The molecule has 1 N–H and O–H groups in total. The van der Waals surface area contributed by atoms with Crippen molar-refractivity contribution in [3.63, 3.8) is 0 Å². The number of ether oxygens (including phenoxy) is 1. The second-order valence-corrected chi connectivity index (χ2v) is 6.80. The summed E-state index contributed by atoms with van der Waals surface area (Å²) in [7, 11) is 1.53. The zero-order valence-electron chi connectivity index (χ0n) is 14.1. The van der Waals surface area contributed by atoms with E-state index < -0.39 is 0 Å². The first-order valence-electron chi connectivity index (χ1n) is 8.14. The molecule has 0 bridgehead atoms. The lowest BCUT2D eigenvalue weighted by molar-refractivity contribution is 0.115. The summed E-state index contributed by atoms with van der Waals surface area (Å²) >= 11 is 11.9. The van der Waals surface area contributed by atoms with Crippen molar-refractivity contribution >= 4 is 34.9 Å². The van der Waals surface area contributed by atoms with Gasteiger partial charge in [0.1, 0.15) is 17.5 Å². The molecule has 1 aromatic carbocycles. The van der Waals surface area contributed by atoms with Crippen molar-refractivity contribution in [3.8, 4) is 5.75 Å². The number of carbonyl (C=O) groups is 1. The minimum Gasteiger partial charge on any atom is -0.490 e. The molecule has 9 heteroatoms. The Morgan fingerprint density at radius 2 is 1.96 bits per heavy atom. The van der Waals surface area contributed by atoms with E-state index in [4.69, 9.17) is 27.9 Å². The summed E-state index contributed by atoms with van der Waals surface area (Å²) in [4.78, 5) is 25.9. The number of likely N-dealkylation sites (tertiary alicyclic amines) is 1. The number of aromatic nitrogens is 2. The largest absolute Gasteiger partial charge is 0.490 e. The van der Waals surface area contributed by atoms with Gasteiger partial charge in [0.15, 0.2) is 0 Å². The highest BCUT2D eigenvalue weighted by molar-refractivity contribution is 6.42. The second kappa shape index (κ2) is 7.97. The molecule has 3 rings (SSSR count). The molecule has 2 heterocycles. The van der Waals surface area contributed by atoms with Crippen LogP contribution in [-0.4, -0.2) is 39.9 Å². The van der Waals surface area contributed by atoms with Crippen LogP contribution in [0.3, 0.4) is 0 Å². The molecule has 2 aromatic rings. The van der Waals surface area contributed by atoms with E-state index in [9.17, 15) is 9.59 Å². The van der Waals surface area contributed by atoms with Crippen molar-refractivity contribution in [3.05, 3.63) is 50.9 Å². The standard InChI is InChI=1S/C17H18Cl2N4O3/c1-22-16(24)15(4-7-20-22)21-17(25)23-8-5-11(6-9-23)26-12-2-3-13(18)14(19)10-12/h2-4,7,10-11H,5-6,8-9H2,1H3,(H,21,25). The Morgan fingerprint density at radius 3 is 2.65 bits per heavy atom. The van der Waals surface area contributed by atoms with Gasteiger partial charge in [-0.25, -0.2) is 9.48 Å². The maximum absolute atomic E-state index is 12.4. The fourth-order valence-corrected chi connectivity index (χ4v) is 3.00. The van der Waals surface area contributed by atoms with Gasteiger partial charge in [-0.2, -0.15) is 5.10 Å². The molecular weight excluding hydrogens is 379 g/mol. The first-order valence-corrected chi connectivity index (χ1v) is 8.89. The number of anilines is 1. The maximum Gasteiger partial charge on any atom is 0.321 e. The smallest absolute Gasteiger partial charge is 0.321 e. The van der Waals surface area contributed by atoms with Gasteiger partial charge in [0.2, 0.25) is 0 Å². The quantitative estimate of drug-likeness (QED) is 0.863. The Labute approximate surface area is 160 Å². The summed E-state index contributed by atoms with van der Waals surface area (Å²) in [5, 5.41) is 7.39. The molecule has 1 fully saturated rings. The van der Waals surface area contributed by atoms with Crippen molar-refractivity contribution in [1.82, 2.24) is 14.7 Å². The molecule has 0 atom stereocenters. The molecule has 2 amide bonds. The third-order valence-electron chi connectivity index (χ3n) is 4.17. The summed E-state index contributed by atoms with van der Waals surface area (Å²) in [6.45, 7) is 1.06. The first kappa shape index (κ1) is 18.5. The molecule has 0 aliphatic carbocycles. The van der Waals surface area contributed by atoms with E-state index in [1.807, 2.05) is 0 Å². The van der Waals surface area contributed by atoms with Crippen LogP contribution in [0, 0.1) is 0 Å². The third-order valence-corrected chi connectivity index (χ3v) is 4.91. The molecule has 26 heavy (non-hydrogen) atoms. The van der Waals surface area contributed by atoms with Crippen molar-refractivity contribution in [2.75, 3.05) is 18.4 Å². The first-order chi connectivity index (χ1) is 12.4. The van der Waals surface area contributed by atoms with E-state index in [2.05, 4.69) is 10.4 Å². The van der Waals surface area contributed by atoms with Crippen molar-refractivity contribution in [1.29, 1.82) is 0 Å². The molecule has 1 aliphatic rings. The topological polar surface area (TPSA) is 76.5 Å². The number of hydrogen-bond donors (Lipinski definition) is 1. The van der Waals surface area contributed by atoms with Gasteiger partial charge in [0.25, 0.3) is 5.56 Å². The van der Waals surface area contributed by atoms with E-state index >= 15 is 0 Å². The van der Waals surface area contributed by atoms with Crippen molar-refractivity contribution in [2.45, 2.75) is 18.9 Å². The van der Waals surface area contributed by atoms with Gasteiger partial charge >= 0.3 is 6.03 Å². The van der Waals surface area contributed by atoms with Crippen LogP contribution in [0.1, 0.15) is 12.8 Å². The predicted octanol–water partition coefficient (Wildman–Crippen LogP) is 3.16. The zero-order chi connectivity index (χ0) is 18.7. The summed E-state index contributed by atoms with van der Waals surface area (Å²) in [6.07, 6.45) is 2.82. The number of piperidine rings is 1. The molecule has 1 aliphatic heterocycles. The van der Waals surface area contributed by atoms with Crippen LogP contribution >= 0.6 is 23.2 Å². The van der Waals surface area contributed by atoms with E-state index in [-0.39, 0.29) is 23.4 Å². The number of rotatable bonds is 3. The average Bonchev–Trinajstić information content (AvgIpc) is 2.63. The molecule has 7 nitrogen and oxygen atoms in total. The predicted molar refractivity (Wildman–Crippen MR) is 100 cm³/mol. The van der Waals surface area contributed by atoms with Gasteiger partial charge in [-0.15, -0.1) is 0 Å². The lowest BCUT2D eigenvalue weighted by Crippen LogP contribution is -2.44. The second-order valence-electron chi connectivity index (χ2n) is 5.98. The van der Waals surface area contributed by atoms with E-state index in [1.165, 1.54) is 24.0 Å². The lowest BCUT2D eigenvalue weighted by atomic mass is 10.1. The number of hydrogen-bond acceptors (Lipinski definition) is 4. The Morgan fingerprint density at radius 1 is 1.23 bits per heavy atom. The van der Waals surface area contributed by atoms with Crippen molar-refractivity contribution in [2.24, 2.45) is 7.05 Å². The summed E-state index contributed by atoms with van der Waals surface area (Å²) in [5.74, 6) is 0.655. The lowest BCUT2D eigenvalue weighted by Gasteiger charge is -2.32. The number of aryl methyl sites for hydroxylation is 1. The summed E-state index contributed by atoms with van der Waals surface area (Å²) in [6, 6.07) is 6.33. The Kier molecular flexibility index (Phi) is 5.68. The summed E-state index contributed by atoms with van der Waals surface area (Å²) in [5.41, 5.74) is -0.139. The Balaban J connectivity index is 1.54. The maximum atomic E-state index is 12.4. The molecular formula is C17H18Cl2N4O3. The van der Waals surface area contributed by atoms with Gasteiger partial charge in [0.05, 0.1) is 10.0 Å². The molecule has 138 valence electrons. The van der Waals surface area contributed by atoms with Crippen LogP contribution < -0.4 is 15.6 Å². The van der Waals surface area contributed by atoms with Crippen LogP contribution in [0.4, 0.5) is 10.5 Å². The Bertz CT molecular complexity index is 863. The normalized spacial score (nSPS) is 15.0. The number of nitrogens with one attached hydrogen (secondary N) is 1. The number of amides is 2. The third kappa shape index (κ3) is 4.28. The highest BCUT2D eigenvalue weighted by Gasteiger charge is 2.24. The van der Waals surface area contributed by atoms with Crippen molar-refractivity contribution < 1.29 is 9.53 Å². The zero-order valence-corrected chi connectivity index (χ0v) is 15.6. The van der Waals surface area contributed by atoms with Crippen LogP contribution in [0.5, 0.6) is 5.75 Å². The van der Waals surface area contributed by atoms with E-state index in [1.54, 1.807) is 23.1 Å². The average molecular weight is 397 g/mol. The number of halogens is 2. The number of benzene rings is 1. The van der Waals surface area contributed by atoms with Gasteiger partial charge in [-0.1, -0.05) is 23.2 Å². The van der Waals surface area contributed by atoms with Crippen LogP contribution in [-0.2, 0) is 7.05 Å². The fraction of sp³-hybridized carbons (Fsp3) is 0.353. The van der Waals surface area contributed by atoms with Crippen LogP contribution in [0.15, 0.2) is 35.3 Å². The molecule has 0 saturated carbocycles. The SMILES string of the molecule is Cn1nccc(NC(=O)N2CCC(Oc3ccc(Cl)c(Cl)c3)CC2)c1=O. The minimum atomic E-state index is -0.348.